The van der Waals surface area contributed by atoms with Gasteiger partial charge in [0.2, 0.25) is 0 Å². The van der Waals surface area contributed by atoms with Crippen LogP contribution in [0.4, 0.5) is 28.4 Å². The first-order valence-corrected chi connectivity index (χ1v) is 27.9. The molecule has 2 aromatic heterocycles. The van der Waals surface area contributed by atoms with Crippen LogP contribution in [0.25, 0.3) is 53.2 Å². The van der Waals surface area contributed by atoms with E-state index < -0.39 is 0 Å². The highest BCUT2D eigenvalue weighted by atomic mass is 32.1. The molecule has 0 atom stereocenters. The summed E-state index contributed by atoms with van der Waals surface area (Å²) in [6.07, 6.45) is 7.02. The average Bonchev–Trinajstić information content (AvgIpc) is 3.92. The van der Waals surface area contributed by atoms with E-state index in [9.17, 15) is 0 Å². The van der Waals surface area contributed by atoms with Crippen molar-refractivity contribution in [2.75, 3.05) is 9.71 Å². The fourth-order valence-corrected chi connectivity index (χ4v) is 16.0. The number of rotatable bonds is 2. The van der Waals surface area contributed by atoms with Crippen molar-refractivity contribution in [2.45, 2.75) is 161 Å². The van der Waals surface area contributed by atoms with Crippen LogP contribution in [0.2, 0.25) is 0 Å². The fraction of sp³-hybridized carbons (Fsp3) is 0.373. The molecular weight excluding hydrogens is 892 g/mol. The van der Waals surface area contributed by atoms with Crippen LogP contribution in [0, 0.1) is 6.92 Å². The average molecular weight is 961 g/mol. The van der Waals surface area contributed by atoms with Gasteiger partial charge < -0.3 is 14.1 Å². The Labute approximate surface area is 431 Å². The highest BCUT2D eigenvalue weighted by Gasteiger charge is 2.51. The molecule has 72 heavy (non-hydrogen) atoms. The Bertz CT molecular complexity index is 3870. The minimum absolute atomic E-state index is 0.0218. The number of fused-ring (bicyclic) bond motifs is 15. The molecule has 0 saturated carbocycles. The molecule has 3 aliphatic carbocycles. The van der Waals surface area contributed by atoms with E-state index >= 15 is 0 Å². The molecule has 0 radical (unpaired) electrons. The number of thiophene rings is 1. The van der Waals surface area contributed by atoms with Gasteiger partial charge in [-0.15, -0.1) is 11.3 Å². The van der Waals surface area contributed by atoms with Gasteiger partial charge in [0, 0.05) is 54.6 Å². The van der Waals surface area contributed by atoms with Crippen LogP contribution in [0.15, 0.2) is 114 Å². The van der Waals surface area contributed by atoms with Gasteiger partial charge in [-0.1, -0.05) is 132 Å². The maximum absolute atomic E-state index is 6.97. The zero-order valence-corrected chi connectivity index (χ0v) is 45.7. The predicted molar refractivity (Wildman–Crippen MR) is 311 cm³/mol. The van der Waals surface area contributed by atoms with E-state index in [4.69, 9.17) is 4.42 Å². The van der Waals surface area contributed by atoms with Crippen LogP contribution < -0.4 is 20.6 Å². The Kier molecular flexibility index (Phi) is 8.91. The minimum atomic E-state index is -0.170. The van der Waals surface area contributed by atoms with Crippen LogP contribution in [-0.4, -0.2) is 6.85 Å². The zero-order valence-electron chi connectivity index (χ0n) is 44.9. The molecule has 0 amide bonds. The Morgan fingerprint density at radius 2 is 1.01 bits per heavy atom. The van der Waals surface area contributed by atoms with E-state index in [0.717, 1.165) is 36.8 Å². The first-order chi connectivity index (χ1) is 34.1. The summed E-state index contributed by atoms with van der Waals surface area (Å²) in [5.41, 5.74) is 24.3. The largest absolute Gasteiger partial charge is 0.456 e. The second kappa shape index (κ2) is 14.3. The molecule has 2 aliphatic heterocycles. The summed E-state index contributed by atoms with van der Waals surface area (Å²) in [4.78, 5) is 5.59. The van der Waals surface area contributed by atoms with Crippen molar-refractivity contribution in [3.63, 3.8) is 0 Å². The molecule has 4 heterocycles. The summed E-state index contributed by atoms with van der Waals surface area (Å²) >= 11 is 1.98. The monoisotopic (exact) mass is 961 g/mol. The van der Waals surface area contributed by atoms with Crippen molar-refractivity contribution in [3.05, 3.63) is 148 Å². The van der Waals surface area contributed by atoms with Gasteiger partial charge in [0.1, 0.15) is 11.2 Å². The molecule has 0 saturated heterocycles. The van der Waals surface area contributed by atoms with Gasteiger partial charge in [0.15, 0.2) is 0 Å². The molecule has 0 fully saturated rings. The maximum Gasteiger partial charge on any atom is 0.333 e. The summed E-state index contributed by atoms with van der Waals surface area (Å²) in [6.45, 7) is 32.0. The second-order valence-corrected chi connectivity index (χ2v) is 27.9. The molecule has 9 aromatic rings. The van der Waals surface area contributed by atoms with Gasteiger partial charge in [-0.3, -0.25) is 0 Å². The van der Waals surface area contributed by atoms with Crippen molar-refractivity contribution >= 4 is 99.7 Å². The summed E-state index contributed by atoms with van der Waals surface area (Å²) in [5.74, 6) is 0. The summed E-state index contributed by atoms with van der Waals surface area (Å²) in [7, 11) is 0. The van der Waals surface area contributed by atoms with E-state index in [1.165, 1.54) is 133 Å². The first kappa shape index (κ1) is 44.9. The normalized spacial score (nSPS) is 20.3. The van der Waals surface area contributed by atoms with Gasteiger partial charge in [0.25, 0.3) is 0 Å². The minimum Gasteiger partial charge on any atom is -0.456 e. The topological polar surface area (TPSA) is 19.6 Å². The maximum atomic E-state index is 6.97. The third-order valence-electron chi connectivity index (χ3n) is 19.6. The van der Waals surface area contributed by atoms with Crippen LogP contribution in [0.1, 0.15) is 161 Å². The predicted octanol–water partition coefficient (Wildman–Crippen LogP) is 18.0. The smallest absolute Gasteiger partial charge is 0.333 e. The Morgan fingerprint density at radius 1 is 0.458 bits per heavy atom. The second-order valence-electron chi connectivity index (χ2n) is 26.9. The number of aryl methyl sites for hydroxylation is 1. The van der Waals surface area contributed by atoms with Crippen LogP contribution >= 0.6 is 11.3 Å². The number of anilines is 5. The highest BCUT2D eigenvalue weighted by molar-refractivity contribution is 7.26. The van der Waals surface area contributed by atoms with E-state index in [0.29, 0.717) is 0 Å². The summed E-state index contributed by atoms with van der Waals surface area (Å²) in [6, 6.07) is 43.5. The fourth-order valence-electron chi connectivity index (χ4n) is 14.8. The van der Waals surface area contributed by atoms with Gasteiger partial charge in [-0.25, -0.2) is 0 Å². The number of para-hydroxylation sites is 1. The lowest BCUT2D eigenvalue weighted by Gasteiger charge is -2.49. The lowest BCUT2D eigenvalue weighted by molar-refractivity contribution is 0.332. The van der Waals surface area contributed by atoms with Crippen molar-refractivity contribution in [1.29, 1.82) is 0 Å². The molecule has 3 nitrogen and oxygen atoms in total. The van der Waals surface area contributed by atoms with Crippen LogP contribution in [0.5, 0.6) is 0 Å². The molecule has 14 rings (SSSR count). The van der Waals surface area contributed by atoms with Crippen LogP contribution in [-0.2, 0) is 32.5 Å². The molecule has 0 unspecified atom stereocenters. The van der Waals surface area contributed by atoms with Gasteiger partial charge in [-0.05, 0) is 194 Å². The Morgan fingerprint density at radius 3 is 1.68 bits per heavy atom. The molecule has 5 heteroatoms. The van der Waals surface area contributed by atoms with E-state index in [2.05, 4.69) is 209 Å². The van der Waals surface area contributed by atoms with Gasteiger partial charge in [-0.2, -0.15) is 0 Å². The number of furan rings is 1. The number of hydrogen-bond donors (Lipinski definition) is 0. The summed E-state index contributed by atoms with van der Waals surface area (Å²) < 4.78 is 9.66. The molecule has 7 aromatic carbocycles. The summed E-state index contributed by atoms with van der Waals surface area (Å²) in [5, 5.41) is 5.08. The van der Waals surface area contributed by atoms with E-state index in [1.54, 1.807) is 0 Å². The lowest BCUT2D eigenvalue weighted by atomic mass is 9.42. The zero-order chi connectivity index (χ0) is 50.0. The Balaban J connectivity index is 1.20. The van der Waals surface area contributed by atoms with Crippen molar-refractivity contribution in [3.8, 4) is 11.1 Å². The van der Waals surface area contributed by atoms with Crippen molar-refractivity contribution in [2.24, 2.45) is 0 Å². The van der Waals surface area contributed by atoms with Gasteiger partial charge >= 0.3 is 6.85 Å². The highest BCUT2D eigenvalue weighted by Crippen LogP contribution is 2.58. The van der Waals surface area contributed by atoms with Crippen LogP contribution in [0.3, 0.4) is 0 Å². The van der Waals surface area contributed by atoms with E-state index in [-0.39, 0.29) is 39.3 Å². The molecule has 0 N–H and O–H groups in total. The Hall–Kier alpha value is -5.78. The quantitative estimate of drug-likeness (QED) is 0.161. The number of nitrogens with zero attached hydrogens (tertiary/aromatic N) is 2. The third kappa shape index (κ3) is 5.98. The van der Waals surface area contributed by atoms with Gasteiger partial charge in [0.05, 0.1) is 10.4 Å². The van der Waals surface area contributed by atoms with Crippen molar-refractivity contribution in [1.82, 2.24) is 0 Å². The van der Waals surface area contributed by atoms with E-state index in [1.807, 2.05) is 11.3 Å². The first-order valence-electron chi connectivity index (χ1n) is 27.1. The van der Waals surface area contributed by atoms with Crippen molar-refractivity contribution < 1.29 is 4.42 Å². The standard InChI is InChI=1S/C67H69BN2OS/c1-38-32-46-49(66(10,11)30-28-63(46,4)5)36-52(38)69-51-24-25-55-57(41-19-14-16-20-54(41)71-55)59(51)68-58-43(34-44-40-18-15-17-21-56(40)72-61(44)60(58)69)42-35-48-50(67(12,13)31-29-65(48,8)9)37-53(42)70(68)39-22-23-45-47(33-39)64(6,7)27-26-62(45,2)3/h14-25,32-37H,26-31H2,1-13H3. The molecule has 5 aliphatic rings. The lowest BCUT2D eigenvalue weighted by Crippen LogP contribution is -2.62. The molecule has 0 spiro atoms. The molecular formula is C67H69BN2OS. The number of benzene rings is 7. The number of hydrogen-bond acceptors (Lipinski definition) is 4. The third-order valence-corrected chi connectivity index (χ3v) is 20.8. The molecule has 362 valence electrons. The SMILES string of the molecule is Cc1cc2c(cc1N1c3ccc4oc5ccccc5c4c3B3c4c(cc5c(sc6ccccc65)c41)-c1cc4c(cc1N3c1ccc3c(c1)C(C)(C)CCC3(C)C)C(C)(C)CCC4(C)C)C(C)(C)CCC2(C)C. The molecule has 0 bridgehead atoms.